The highest BCUT2D eigenvalue weighted by Gasteiger charge is 2.36. The maximum Gasteiger partial charge on any atom is 0.0700 e. The van der Waals surface area contributed by atoms with Crippen LogP contribution in [-0.2, 0) is 9.47 Å². The third-order valence-corrected chi connectivity index (χ3v) is 5.01. The number of methoxy groups -OCH3 is 1. The summed E-state index contributed by atoms with van der Waals surface area (Å²) in [6.07, 6.45) is 7.09. The second-order valence-corrected chi connectivity index (χ2v) is 7.31. The van der Waals surface area contributed by atoms with Crippen LogP contribution in [0.2, 0.25) is 0 Å². The molecule has 0 aromatic rings. The normalized spacial score (nSPS) is 27.9. The number of hydrogen-bond donors (Lipinski definition) is 1. The van der Waals surface area contributed by atoms with Gasteiger partial charge in [0.15, 0.2) is 0 Å². The lowest BCUT2D eigenvalue weighted by molar-refractivity contribution is 0.0101. The fraction of sp³-hybridized carbons (Fsp3) is 1.00. The van der Waals surface area contributed by atoms with Gasteiger partial charge in [-0.3, -0.25) is 4.90 Å². The van der Waals surface area contributed by atoms with Crippen LogP contribution in [0.4, 0.5) is 0 Å². The molecule has 4 heteroatoms. The third-order valence-electron chi connectivity index (χ3n) is 5.01. The van der Waals surface area contributed by atoms with E-state index in [1.807, 2.05) is 0 Å². The minimum Gasteiger partial charge on any atom is -0.382 e. The van der Waals surface area contributed by atoms with E-state index in [4.69, 9.17) is 9.47 Å². The Kier molecular flexibility index (Phi) is 6.93. The number of nitrogens with one attached hydrogen (secondary N) is 1. The summed E-state index contributed by atoms with van der Waals surface area (Å²) in [7, 11) is 1.72. The molecule has 0 spiro atoms. The van der Waals surface area contributed by atoms with Gasteiger partial charge >= 0.3 is 0 Å². The Bertz CT molecular complexity index is 291. The molecular formula is C17H34N2O2. The molecule has 0 amide bonds. The fourth-order valence-corrected chi connectivity index (χ4v) is 3.85. The Balaban J connectivity index is 1.84. The van der Waals surface area contributed by atoms with Gasteiger partial charge in [-0.1, -0.05) is 19.3 Å². The first-order valence-electron chi connectivity index (χ1n) is 8.68. The summed E-state index contributed by atoms with van der Waals surface area (Å²) in [4.78, 5) is 2.68. The van der Waals surface area contributed by atoms with E-state index in [1.165, 1.54) is 32.1 Å². The van der Waals surface area contributed by atoms with E-state index in [0.717, 1.165) is 32.2 Å². The topological polar surface area (TPSA) is 33.7 Å². The third kappa shape index (κ3) is 5.51. The number of piperazine rings is 1. The first-order chi connectivity index (χ1) is 10.1. The number of hydrogen-bond acceptors (Lipinski definition) is 4. The largest absolute Gasteiger partial charge is 0.382 e. The molecule has 1 aliphatic heterocycles. The second kappa shape index (κ2) is 8.47. The highest BCUT2D eigenvalue weighted by Crippen LogP contribution is 2.31. The van der Waals surface area contributed by atoms with Crippen LogP contribution >= 0.6 is 0 Å². The molecule has 0 radical (unpaired) electrons. The molecule has 1 saturated carbocycles. The van der Waals surface area contributed by atoms with Crippen LogP contribution in [0.3, 0.4) is 0 Å². The standard InChI is InChI=1S/C17H34N2O2/c1-17(2)14-19(9-10-21-12-11-20-3)16(13-18-17)15-7-5-4-6-8-15/h15-16,18H,4-14H2,1-3H3. The van der Waals surface area contributed by atoms with Gasteiger partial charge in [-0.2, -0.15) is 0 Å². The van der Waals surface area contributed by atoms with Crippen molar-refractivity contribution < 1.29 is 9.47 Å². The molecule has 1 heterocycles. The van der Waals surface area contributed by atoms with Crippen LogP contribution < -0.4 is 5.32 Å². The van der Waals surface area contributed by atoms with Crippen LogP contribution in [0, 0.1) is 5.92 Å². The maximum atomic E-state index is 5.69. The van der Waals surface area contributed by atoms with E-state index in [0.29, 0.717) is 19.3 Å². The first kappa shape index (κ1) is 17.2. The quantitative estimate of drug-likeness (QED) is 0.731. The van der Waals surface area contributed by atoms with Crippen molar-refractivity contribution in [2.45, 2.75) is 57.5 Å². The molecule has 1 atom stereocenters. The van der Waals surface area contributed by atoms with Crippen LogP contribution in [0.15, 0.2) is 0 Å². The molecule has 0 bridgehead atoms. The summed E-state index contributed by atoms with van der Waals surface area (Å²) in [5.41, 5.74) is 0.220. The molecule has 4 nitrogen and oxygen atoms in total. The van der Waals surface area contributed by atoms with Gasteiger partial charge in [0.1, 0.15) is 0 Å². The van der Waals surface area contributed by atoms with Crippen molar-refractivity contribution in [1.82, 2.24) is 10.2 Å². The average Bonchev–Trinajstić information content (AvgIpc) is 2.47. The Morgan fingerprint density at radius 3 is 2.57 bits per heavy atom. The predicted octanol–water partition coefficient (Wildman–Crippen LogP) is 2.28. The zero-order valence-corrected chi connectivity index (χ0v) is 14.2. The molecule has 0 aromatic heterocycles. The lowest BCUT2D eigenvalue weighted by atomic mass is 9.81. The van der Waals surface area contributed by atoms with Gasteiger partial charge in [0.2, 0.25) is 0 Å². The SMILES string of the molecule is COCCOCCN1CC(C)(C)NCC1C1CCCCC1. The van der Waals surface area contributed by atoms with E-state index in [2.05, 4.69) is 24.1 Å². The Morgan fingerprint density at radius 2 is 1.86 bits per heavy atom. The summed E-state index contributed by atoms with van der Waals surface area (Å²) in [6.45, 7) is 10.2. The Hall–Kier alpha value is -0.160. The van der Waals surface area contributed by atoms with Crippen LogP contribution in [-0.4, -0.2) is 63.0 Å². The van der Waals surface area contributed by atoms with Crippen LogP contribution in [0.5, 0.6) is 0 Å². The second-order valence-electron chi connectivity index (χ2n) is 7.31. The number of ether oxygens (including phenoxy) is 2. The van der Waals surface area contributed by atoms with Crippen molar-refractivity contribution in [2.24, 2.45) is 5.92 Å². The van der Waals surface area contributed by atoms with Crippen molar-refractivity contribution in [1.29, 1.82) is 0 Å². The zero-order valence-electron chi connectivity index (χ0n) is 14.2. The van der Waals surface area contributed by atoms with Crippen molar-refractivity contribution in [3.8, 4) is 0 Å². The molecule has 21 heavy (non-hydrogen) atoms. The van der Waals surface area contributed by atoms with Gasteiger partial charge in [-0.05, 0) is 32.6 Å². The molecule has 1 unspecified atom stereocenters. The molecule has 124 valence electrons. The van der Waals surface area contributed by atoms with Gasteiger partial charge < -0.3 is 14.8 Å². The fourth-order valence-electron chi connectivity index (χ4n) is 3.85. The summed E-state index contributed by atoms with van der Waals surface area (Å²) in [6, 6.07) is 0.698. The van der Waals surface area contributed by atoms with Crippen molar-refractivity contribution in [3.63, 3.8) is 0 Å². The van der Waals surface area contributed by atoms with E-state index >= 15 is 0 Å². The predicted molar refractivity (Wildman–Crippen MR) is 86.7 cm³/mol. The maximum absolute atomic E-state index is 5.69. The highest BCUT2D eigenvalue weighted by atomic mass is 16.5. The van der Waals surface area contributed by atoms with Gasteiger partial charge in [-0.15, -0.1) is 0 Å². The first-order valence-corrected chi connectivity index (χ1v) is 8.68. The molecule has 1 aliphatic carbocycles. The van der Waals surface area contributed by atoms with Crippen molar-refractivity contribution in [2.75, 3.05) is 46.6 Å². The van der Waals surface area contributed by atoms with Gasteiger partial charge in [0.25, 0.3) is 0 Å². The molecule has 2 rings (SSSR count). The van der Waals surface area contributed by atoms with Crippen LogP contribution in [0.1, 0.15) is 46.0 Å². The summed E-state index contributed by atoms with van der Waals surface area (Å²) in [5, 5.41) is 3.74. The van der Waals surface area contributed by atoms with Gasteiger partial charge in [-0.25, -0.2) is 0 Å². The van der Waals surface area contributed by atoms with E-state index in [1.54, 1.807) is 7.11 Å². The molecular weight excluding hydrogens is 264 g/mol. The number of rotatable bonds is 7. The molecule has 2 fully saturated rings. The molecule has 1 N–H and O–H groups in total. The minimum atomic E-state index is 0.220. The van der Waals surface area contributed by atoms with Crippen molar-refractivity contribution in [3.05, 3.63) is 0 Å². The summed E-state index contributed by atoms with van der Waals surface area (Å²) >= 11 is 0. The van der Waals surface area contributed by atoms with E-state index in [9.17, 15) is 0 Å². The summed E-state index contributed by atoms with van der Waals surface area (Å²) < 4.78 is 10.7. The Morgan fingerprint density at radius 1 is 1.10 bits per heavy atom. The lowest BCUT2D eigenvalue weighted by Gasteiger charge is -2.48. The molecule has 1 saturated heterocycles. The highest BCUT2D eigenvalue weighted by molar-refractivity contribution is 4.95. The van der Waals surface area contributed by atoms with Gasteiger partial charge in [0.05, 0.1) is 19.8 Å². The van der Waals surface area contributed by atoms with E-state index < -0.39 is 0 Å². The van der Waals surface area contributed by atoms with E-state index in [-0.39, 0.29) is 5.54 Å². The van der Waals surface area contributed by atoms with Crippen molar-refractivity contribution >= 4 is 0 Å². The Labute approximate surface area is 130 Å². The molecule has 2 aliphatic rings. The summed E-state index contributed by atoms with van der Waals surface area (Å²) in [5.74, 6) is 0.876. The zero-order chi connectivity index (χ0) is 15.1. The minimum absolute atomic E-state index is 0.220. The number of nitrogens with zero attached hydrogens (tertiary/aromatic N) is 1. The van der Waals surface area contributed by atoms with Crippen LogP contribution in [0.25, 0.3) is 0 Å². The monoisotopic (exact) mass is 298 g/mol. The molecule has 0 aromatic carbocycles. The average molecular weight is 298 g/mol. The smallest absolute Gasteiger partial charge is 0.0700 e. The lowest BCUT2D eigenvalue weighted by Crippen LogP contribution is -2.63. The van der Waals surface area contributed by atoms with Gasteiger partial charge in [0, 0.05) is 38.3 Å².